The first-order valence-corrected chi connectivity index (χ1v) is 10.0. The van der Waals surface area contributed by atoms with Crippen molar-refractivity contribution < 1.29 is 14.3 Å². The van der Waals surface area contributed by atoms with E-state index in [-0.39, 0.29) is 17.9 Å². The highest BCUT2D eigenvalue weighted by molar-refractivity contribution is 5.80. The Kier molecular flexibility index (Phi) is 5.43. The maximum Gasteiger partial charge on any atom is 0.227 e. The van der Waals surface area contributed by atoms with Crippen LogP contribution >= 0.6 is 0 Å². The van der Waals surface area contributed by atoms with Gasteiger partial charge in [0.1, 0.15) is 11.5 Å². The number of methoxy groups -OCH3 is 2. The summed E-state index contributed by atoms with van der Waals surface area (Å²) in [6.07, 6.45) is 3.73. The van der Waals surface area contributed by atoms with Gasteiger partial charge in [-0.1, -0.05) is 19.1 Å². The van der Waals surface area contributed by atoms with Crippen LogP contribution in [0.15, 0.2) is 48.8 Å². The van der Waals surface area contributed by atoms with Crippen molar-refractivity contribution in [2.75, 3.05) is 20.8 Å². The van der Waals surface area contributed by atoms with Gasteiger partial charge in [-0.25, -0.2) is 4.98 Å². The summed E-state index contributed by atoms with van der Waals surface area (Å²) < 4.78 is 13.0. The van der Waals surface area contributed by atoms with Crippen LogP contribution in [0.5, 0.6) is 11.5 Å². The van der Waals surface area contributed by atoms with E-state index in [4.69, 9.17) is 9.47 Å². The number of hydrogen-bond acceptors (Lipinski definition) is 4. The number of carbonyl (C=O) groups is 1. The number of rotatable bonds is 6. The van der Waals surface area contributed by atoms with Gasteiger partial charge in [-0.3, -0.25) is 4.79 Å². The van der Waals surface area contributed by atoms with Crippen LogP contribution in [0.3, 0.4) is 0 Å². The smallest absolute Gasteiger partial charge is 0.227 e. The summed E-state index contributed by atoms with van der Waals surface area (Å²) in [4.78, 5) is 19.8. The molecule has 4 rings (SSSR count). The normalized spacial score (nSPS) is 17.5. The number of para-hydroxylation sites is 2. The third kappa shape index (κ3) is 3.67. The fraction of sp³-hybridized carbons (Fsp3) is 0.391. The van der Waals surface area contributed by atoms with Gasteiger partial charge in [-0.15, -0.1) is 0 Å². The summed E-state index contributed by atoms with van der Waals surface area (Å²) in [7, 11) is 3.32. The molecule has 1 fully saturated rings. The number of likely N-dealkylation sites (tertiary alicyclic amines) is 1. The molecule has 1 aliphatic heterocycles. The number of imidazole rings is 1. The van der Waals surface area contributed by atoms with Crippen LogP contribution in [0.4, 0.5) is 0 Å². The van der Waals surface area contributed by atoms with E-state index < -0.39 is 0 Å². The minimum atomic E-state index is -0.148. The third-order valence-electron chi connectivity index (χ3n) is 5.75. The van der Waals surface area contributed by atoms with Crippen molar-refractivity contribution >= 4 is 16.9 Å². The molecule has 3 aromatic rings. The summed E-state index contributed by atoms with van der Waals surface area (Å²) in [6, 6.07) is 13.8. The summed E-state index contributed by atoms with van der Waals surface area (Å²) in [5, 5.41) is 0. The summed E-state index contributed by atoms with van der Waals surface area (Å²) in [5.41, 5.74) is 3.02. The predicted molar refractivity (Wildman–Crippen MR) is 112 cm³/mol. The SMILES string of the molecule is COc1ccc(OC)c([C@H]2CCCN2C(=O)[C@H](C)Cn2cnc3ccccc32)c1. The molecular weight excluding hydrogens is 366 g/mol. The van der Waals surface area contributed by atoms with Gasteiger partial charge in [0.25, 0.3) is 0 Å². The lowest BCUT2D eigenvalue weighted by Crippen LogP contribution is -2.36. The fourth-order valence-corrected chi connectivity index (χ4v) is 4.27. The topological polar surface area (TPSA) is 56.6 Å². The highest BCUT2D eigenvalue weighted by Crippen LogP contribution is 2.39. The lowest BCUT2D eigenvalue weighted by Gasteiger charge is -2.29. The van der Waals surface area contributed by atoms with Crippen molar-refractivity contribution in [2.24, 2.45) is 5.92 Å². The molecule has 2 heterocycles. The minimum absolute atomic E-state index is 0.00883. The molecule has 6 heteroatoms. The highest BCUT2D eigenvalue weighted by Gasteiger charge is 2.34. The van der Waals surface area contributed by atoms with Gasteiger partial charge in [0.15, 0.2) is 0 Å². The number of hydrogen-bond donors (Lipinski definition) is 0. The first-order chi connectivity index (χ1) is 14.1. The largest absolute Gasteiger partial charge is 0.497 e. The minimum Gasteiger partial charge on any atom is -0.497 e. The van der Waals surface area contributed by atoms with Gasteiger partial charge in [0.2, 0.25) is 5.91 Å². The molecule has 29 heavy (non-hydrogen) atoms. The zero-order chi connectivity index (χ0) is 20.4. The van der Waals surface area contributed by atoms with Gasteiger partial charge < -0.3 is 18.9 Å². The molecule has 0 radical (unpaired) electrons. The Labute approximate surface area is 171 Å². The molecule has 0 unspecified atom stereocenters. The second-order valence-corrected chi connectivity index (χ2v) is 7.58. The van der Waals surface area contributed by atoms with E-state index in [2.05, 4.69) is 9.55 Å². The molecule has 0 aliphatic carbocycles. The lowest BCUT2D eigenvalue weighted by atomic mass is 10.0. The first-order valence-electron chi connectivity index (χ1n) is 10.0. The average molecular weight is 393 g/mol. The summed E-state index contributed by atoms with van der Waals surface area (Å²) in [6.45, 7) is 3.37. The molecule has 1 amide bonds. The van der Waals surface area contributed by atoms with Crippen molar-refractivity contribution in [2.45, 2.75) is 32.4 Å². The second-order valence-electron chi connectivity index (χ2n) is 7.58. The van der Waals surface area contributed by atoms with E-state index in [0.29, 0.717) is 6.54 Å². The zero-order valence-corrected chi connectivity index (χ0v) is 17.2. The van der Waals surface area contributed by atoms with Crippen molar-refractivity contribution in [3.05, 3.63) is 54.4 Å². The van der Waals surface area contributed by atoms with Crippen LogP contribution in [-0.2, 0) is 11.3 Å². The Balaban J connectivity index is 1.56. The van der Waals surface area contributed by atoms with E-state index in [1.54, 1.807) is 14.2 Å². The number of benzene rings is 2. The van der Waals surface area contributed by atoms with Gasteiger partial charge in [0, 0.05) is 18.7 Å². The molecule has 2 atom stereocenters. The second kappa shape index (κ2) is 8.15. The van der Waals surface area contributed by atoms with Gasteiger partial charge in [-0.2, -0.15) is 0 Å². The van der Waals surface area contributed by atoms with Crippen LogP contribution in [-0.4, -0.2) is 41.1 Å². The van der Waals surface area contributed by atoms with Crippen LogP contribution in [0.1, 0.15) is 31.4 Å². The molecule has 0 bridgehead atoms. The quantitative estimate of drug-likeness (QED) is 0.634. The Bertz CT molecular complexity index is 1010. The number of ether oxygens (including phenoxy) is 2. The molecule has 152 valence electrons. The Morgan fingerprint density at radius 3 is 2.83 bits per heavy atom. The molecule has 0 saturated carbocycles. The zero-order valence-electron chi connectivity index (χ0n) is 17.2. The standard InChI is InChI=1S/C23H27N3O3/c1-16(14-25-15-24-19-7-4-5-8-21(19)25)23(27)26-12-6-9-20(26)18-13-17(28-2)10-11-22(18)29-3/h4-5,7-8,10-11,13,15-16,20H,6,9,12,14H2,1-3H3/t16-,20-/m1/s1. The summed E-state index contributed by atoms with van der Waals surface area (Å²) >= 11 is 0. The Hall–Kier alpha value is -3.02. The number of aromatic nitrogens is 2. The van der Waals surface area contributed by atoms with E-state index in [1.165, 1.54) is 0 Å². The molecule has 1 aromatic heterocycles. The van der Waals surface area contributed by atoms with E-state index >= 15 is 0 Å². The van der Waals surface area contributed by atoms with Crippen LogP contribution in [0.25, 0.3) is 11.0 Å². The molecular formula is C23H27N3O3. The van der Waals surface area contributed by atoms with Gasteiger partial charge >= 0.3 is 0 Å². The van der Waals surface area contributed by atoms with Crippen molar-refractivity contribution in [1.29, 1.82) is 0 Å². The maximum atomic E-state index is 13.4. The van der Waals surface area contributed by atoms with Crippen LogP contribution < -0.4 is 9.47 Å². The Morgan fingerprint density at radius 2 is 2.03 bits per heavy atom. The van der Waals surface area contributed by atoms with Crippen molar-refractivity contribution in [1.82, 2.24) is 14.5 Å². The first kappa shape index (κ1) is 19.3. The Morgan fingerprint density at radius 1 is 1.21 bits per heavy atom. The van der Waals surface area contributed by atoms with Crippen molar-refractivity contribution in [3.63, 3.8) is 0 Å². The molecule has 0 spiro atoms. The number of amides is 1. The fourth-order valence-electron chi connectivity index (χ4n) is 4.27. The average Bonchev–Trinajstić information content (AvgIpc) is 3.40. The van der Waals surface area contributed by atoms with Gasteiger partial charge in [-0.05, 0) is 43.2 Å². The highest BCUT2D eigenvalue weighted by atomic mass is 16.5. The van der Waals surface area contributed by atoms with Crippen molar-refractivity contribution in [3.8, 4) is 11.5 Å². The van der Waals surface area contributed by atoms with Crippen LogP contribution in [0.2, 0.25) is 0 Å². The van der Waals surface area contributed by atoms with E-state index in [1.807, 2.05) is 60.6 Å². The number of nitrogens with zero attached hydrogens (tertiary/aromatic N) is 3. The van der Waals surface area contributed by atoms with E-state index in [0.717, 1.165) is 47.5 Å². The molecule has 1 saturated heterocycles. The van der Waals surface area contributed by atoms with Gasteiger partial charge in [0.05, 0.1) is 43.5 Å². The third-order valence-corrected chi connectivity index (χ3v) is 5.75. The molecule has 6 nitrogen and oxygen atoms in total. The molecule has 2 aromatic carbocycles. The van der Waals surface area contributed by atoms with E-state index in [9.17, 15) is 4.79 Å². The predicted octanol–water partition coefficient (Wildman–Crippen LogP) is 4.05. The monoisotopic (exact) mass is 393 g/mol. The number of fused-ring (bicyclic) bond motifs is 1. The number of carbonyl (C=O) groups excluding carboxylic acids is 1. The molecule has 0 N–H and O–H groups in total. The van der Waals surface area contributed by atoms with Crippen LogP contribution in [0, 0.1) is 5.92 Å². The molecule has 1 aliphatic rings. The lowest BCUT2D eigenvalue weighted by molar-refractivity contribution is -0.136. The maximum absolute atomic E-state index is 13.4. The summed E-state index contributed by atoms with van der Waals surface area (Å²) in [5.74, 6) is 1.58.